The van der Waals surface area contributed by atoms with Crippen molar-refractivity contribution in [1.29, 1.82) is 0 Å². The Balaban J connectivity index is 1.51. The van der Waals surface area contributed by atoms with Gasteiger partial charge in [0.25, 0.3) is 0 Å². The molecule has 0 fully saturated rings. The third-order valence-electron chi connectivity index (χ3n) is 4.47. The van der Waals surface area contributed by atoms with Gasteiger partial charge in [-0.2, -0.15) is 0 Å². The van der Waals surface area contributed by atoms with Gasteiger partial charge in [0, 0.05) is 29.5 Å². The maximum Gasteiger partial charge on any atom is 0.316 e. The minimum Gasteiger partial charge on any atom is -0.467 e. The third kappa shape index (κ3) is 2.90. The van der Waals surface area contributed by atoms with E-state index in [2.05, 4.69) is 31.3 Å². The fourth-order valence-electron chi connectivity index (χ4n) is 3.07. The number of pyridine rings is 2. The van der Waals surface area contributed by atoms with Crippen molar-refractivity contribution in [3.05, 3.63) is 66.6 Å². The van der Waals surface area contributed by atoms with Crippen LogP contribution in [-0.4, -0.2) is 42.0 Å². The van der Waals surface area contributed by atoms with Crippen LogP contribution in [0.5, 0.6) is 6.01 Å². The summed E-state index contributed by atoms with van der Waals surface area (Å²) in [6, 6.07) is 14.2. The first-order valence-corrected chi connectivity index (χ1v) is 8.70. The van der Waals surface area contributed by atoms with Gasteiger partial charge in [-0.1, -0.05) is 17.3 Å². The molecule has 0 amide bonds. The van der Waals surface area contributed by atoms with E-state index in [9.17, 15) is 0 Å². The van der Waals surface area contributed by atoms with Crippen LogP contribution in [0.25, 0.3) is 33.3 Å². The molecule has 4 heterocycles. The SMILES string of the molecule is COc1ncc(-c2ccc3nnn(Cc4ccc5ncccc5c4)c3n2)cn1. The van der Waals surface area contributed by atoms with E-state index in [4.69, 9.17) is 9.72 Å². The van der Waals surface area contributed by atoms with Gasteiger partial charge >= 0.3 is 6.01 Å². The molecule has 28 heavy (non-hydrogen) atoms. The van der Waals surface area contributed by atoms with Crippen molar-refractivity contribution in [2.75, 3.05) is 7.11 Å². The predicted molar refractivity (Wildman–Crippen MR) is 104 cm³/mol. The summed E-state index contributed by atoms with van der Waals surface area (Å²) >= 11 is 0. The van der Waals surface area contributed by atoms with Gasteiger partial charge in [0.05, 0.1) is 24.9 Å². The minimum atomic E-state index is 0.322. The van der Waals surface area contributed by atoms with Gasteiger partial charge in [0.1, 0.15) is 5.52 Å². The van der Waals surface area contributed by atoms with Crippen molar-refractivity contribution in [3.63, 3.8) is 0 Å². The smallest absolute Gasteiger partial charge is 0.316 e. The van der Waals surface area contributed by atoms with Gasteiger partial charge in [-0.15, -0.1) is 5.10 Å². The fraction of sp³-hybridized carbons (Fsp3) is 0.100. The van der Waals surface area contributed by atoms with Crippen molar-refractivity contribution >= 4 is 22.1 Å². The molecular weight excluding hydrogens is 354 g/mol. The van der Waals surface area contributed by atoms with Crippen molar-refractivity contribution in [3.8, 4) is 17.3 Å². The Morgan fingerprint density at radius 2 is 1.82 bits per heavy atom. The number of nitrogens with zero attached hydrogens (tertiary/aromatic N) is 7. The quantitative estimate of drug-likeness (QED) is 0.481. The number of aromatic nitrogens is 7. The van der Waals surface area contributed by atoms with Gasteiger partial charge in [-0.05, 0) is 35.9 Å². The maximum atomic E-state index is 5.01. The first kappa shape index (κ1) is 16.2. The van der Waals surface area contributed by atoms with Crippen LogP contribution in [0.2, 0.25) is 0 Å². The van der Waals surface area contributed by atoms with E-state index >= 15 is 0 Å². The lowest BCUT2D eigenvalue weighted by Gasteiger charge is -2.05. The summed E-state index contributed by atoms with van der Waals surface area (Å²) in [5.74, 6) is 0. The zero-order chi connectivity index (χ0) is 18.9. The fourth-order valence-corrected chi connectivity index (χ4v) is 3.07. The van der Waals surface area contributed by atoms with E-state index in [1.807, 2.05) is 36.4 Å². The predicted octanol–water partition coefficient (Wildman–Crippen LogP) is 2.89. The van der Waals surface area contributed by atoms with Gasteiger partial charge in [0.2, 0.25) is 0 Å². The molecule has 8 heteroatoms. The highest BCUT2D eigenvalue weighted by Crippen LogP contribution is 2.21. The third-order valence-corrected chi connectivity index (χ3v) is 4.47. The lowest BCUT2D eigenvalue weighted by Crippen LogP contribution is -2.03. The Morgan fingerprint density at radius 3 is 2.68 bits per heavy atom. The second kappa shape index (κ2) is 6.66. The molecule has 0 saturated heterocycles. The van der Waals surface area contributed by atoms with Crippen LogP contribution >= 0.6 is 0 Å². The molecule has 5 rings (SSSR count). The molecular formula is C20H15N7O. The van der Waals surface area contributed by atoms with Gasteiger partial charge in [-0.3, -0.25) is 4.98 Å². The standard InChI is InChI=1S/C20H15N7O/c1-28-20-22-10-15(11-23-20)17-6-7-18-19(24-17)27(26-25-18)12-13-4-5-16-14(9-13)3-2-8-21-16/h2-11H,12H2,1H3. The van der Waals surface area contributed by atoms with E-state index in [0.29, 0.717) is 18.2 Å². The molecule has 0 spiro atoms. The lowest BCUT2D eigenvalue weighted by atomic mass is 10.1. The van der Waals surface area contributed by atoms with Crippen molar-refractivity contribution in [1.82, 2.24) is 34.9 Å². The second-order valence-electron chi connectivity index (χ2n) is 6.28. The number of ether oxygens (including phenoxy) is 1. The first-order chi connectivity index (χ1) is 13.8. The monoisotopic (exact) mass is 369 g/mol. The summed E-state index contributed by atoms with van der Waals surface area (Å²) in [5, 5.41) is 9.59. The zero-order valence-corrected chi connectivity index (χ0v) is 15.0. The second-order valence-corrected chi connectivity index (χ2v) is 6.28. The van der Waals surface area contributed by atoms with E-state index in [0.717, 1.165) is 33.2 Å². The molecule has 0 unspecified atom stereocenters. The number of hydrogen-bond donors (Lipinski definition) is 0. The molecule has 5 aromatic rings. The Kier molecular flexibility index (Phi) is 3.86. The summed E-state index contributed by atoms with van der Waals surface area (Å²) in [6.45, 7) is 0.566. The highest BCUT2D eigenvalue weighted by atomic mass is 16.5. The van der Waals surface area contributed by atoms with E-state index < -0.39 is 0 Å². The number of methoxy groups -OCH3 is 1. The highest BCUT2D eigenvalue weighted by Gasteiger charge is 2.10. The van der Waals surface area contributed by atoms with Gasteiger partial charge < -0.3 is 4.74 Å². The van der Waals surface area contributed by atoms with Crippen LogP contribution in [-0.2, 0) is 6.54 Å². The molecule has 8 nitrogen and oxygen atoms in total. The number of hydrogen-bond acceptors (Lipinski definition) is 7. The number of benzene rings is 1. The lowest BCUT2D eigenvalue weighted by molar-refractivity contribution is 0.380. The Hall–Kier alpha value is -3.94. The number of rotatable bonds is 4. The van der Waals surface area contributed by atoms with E-state index in [-0.39, 0.29) is 0 Å². The van der Waals surface area contributed by atoms with Gasteiger partial charge in [0.15, 0.2) is 5.65 Å². The molecule has 0 aliphatic carbocycles. The Bertz CT molecular complexity index is 1280. The van der Waals surface area contributed by atoms with Crippen molar-refractivity contribution in [2.45, 2.75) is 6.54 Å². The molecule has 0 atom stereocenters. The maximum absolute atomic E-state index is 5.01. The highest BCUT2D eigenvalue weighted by molar-refractivity contribution is 5.79. The van der Waals surface area contributed by atoms with E-state index in [1.165, 1.54) is 7.11 Å². The largest absolute Gasteiger partial charge is 0.467 e. The van der Waals surface area contributed by atoms with Crippen LogP contribution in [0.15, 0.2) is 61.1 Å². The molecule has 0 N–H and O–H groups in total. The summed E-state index contributed by atoms with van der Waals surface area (Å²) in [5.41, 5.74) is 5.07. The topological polar surface area (TPSA) is 91.5 Å². The molecule has 0 aliphatic rings. The van der Waals surface area contributed by atoms with Crippen LogP contribution in [0.4, 0.5) is 0 Å². The molecule has 136 valence electrons. The molecule has 0 radical (unpaired) electrons. The van der Waals surface area contributed by atoms with Crippen LogP contribution < -0.4 is 4.74 Å². The molecule has 0 bridgehead atoms. The van der Waals surface area contributed by atoms with E-state index in [1.54, 1.807) is 23.3 Å². The molecule has 0 aliphatic heterocycles. The molecule has 4 aromatic heterocycles. The molecule has 1 aromatic carbocycles. The average Bonchev–Trinajstić information content (AvgIpc) is 3.16. The number of fused-ring (bicyclic) bond motifs is 2. The summed E-state index contributed by atoms with van der Waals surface area (Å²) in [6.07, 6.45) is 5.16. The van der Waals surface area contributed by atoms with Crippen molar-refractivity contribution < 1.29 is 4.74 Å². The summed E-state index contributed by atoms with van der Waals surface area (Å²) in [4.78, 5) is 17.4. The minimum absolute atomic E-state index is 0.322. The van der Waals surface area contributed by atoms with Crippen molar-refractivity contribution in [2.24, 2.45) is 0 Å². The van der Waals surface area contributed by atoms with Crippen LogP contribution in [0.3, 0.4) is 0 Å². The average molecular weight is 369 g/mol. The Morgan fingerprint density at radius 1 is 0.964 bits per heavy atom. The van der Waals surface area contributed by atoms with Gasteiger partial charge in [-0.25, -0.2) is 19.6 Å². The summed E-state index contributed by atoms with van der Waals surface area (Å²) < 4.78 is 6.80. The first-order valence-electron chi connectivity index (χ1n) is 8.70. The van der Waals surface area contributed by atoms with Crippen LogP contribution in [0.1, 0.15) is 5.56 Å². The summed E-state index contributed by atoms with van der Waals surface area (Å²) in [7, 11) is 1.53. The Labute approximate surface area is 159 Å². The zero-order valence-electron chi connectivity index (χ0n) is 15.0. The normalized spacial score (nSPS) is 11.2. The molecule has 0 saturated carbocycles. The van der Waals surface area contributed by atoms with Crippen LogP contribution in [0, 0.1) is 0 Å².